The Balaban J connectivity index is 3.60. The first-order valence-electron chi connectivity index (χ1n) is 21.5. The summed E-state index contributed by atoms with van der Waals surface area (Å²) in [6.45, 7) is 3.47. The van der Waals surface area contributed by atoms with Gasteiger partial charge in [-0.15, -0.1) is 0 Å². The van der Waals surface area contributed by atoms with Crippen LogP contribution in [0.15, 0.2) is 36.5 Å². The topological polar surface area (TPSA) is 131 Å². The van der Waals surface area contributed by atoms with Crippen molar-refractivity contribution in [1.29, 1.82) is 0 Å². The maximum atomic E-state index is 12.1. The first-order valence-corrected chi connectivity index (χ1v) is 23.0. The third kappa shape index (κ3) is 41.2. The molecule has 0 heterocycles. The van der Waals surface area contributed by atoms with Gasteiger partial charge in [0.25, 0.3) is 0 Å². The maximum Gasteiger partial charge on any atom is 0.472 e. The van der Waals surface area contributed by atoms with Gasteiger partial charge in [-0.2, -0.15) is 0 Å². The maximum absolute atomic E-state index is 12.1. The van der Waals surface area contributed by atoms with Gasteiger partial charge < -0.3 is 20.1 Å². The predicted molar refractivity (Wildman–Crippen MR) is 220 cm³/mol. The number of rotatable bonds is 40. The third-order valence-corrected chi connectivity index (χ3v) is 10.0. The van der Waals surface area contributed by atoms with Gasteiger partial charge in [0.15, 0.2) is 0 Å². The number of aliphatic hydroxyl groups is 1. The molecule has 0 aliphatic heterocycles. The molecule has 10 heteroatoms. The Labute approximate surface area is 324 Å². The van der Waals surface area contributed by atoms with Crippen molar-refractivity contribution in [3.05, 3.63) is 36.5 Å². The molecule has 2 unspecified atom stereocenters. The van der Waals surface area contributed by atoms with Crippen LogP contribution in [0.3, 0.4) is 0 Å². The highest BCUT2D eigenvalue weighted by Gasteiger charge is 2.23. The van der Waals surface area contributed by atoms with E-state index in [1.807, 2.05) is 0 Å². The van der Waals surface area contributed by atoms with Gasteiger partial charge in [-0.05, 0) is 64.2 Å². The van der Waals surface area contributed by atoms with Gasteiger partial charge in [0.2, 0.25) is 5.91 Å². The van der Waals surface area contributed by atoms with Gasteiger partial charge in [-0.25, -0.2) is 4.57 Å². The molecule has 0 bridgehead atoms. The molecule has 0 spiro atoms. The van der Waals surface area contributed by atoms with Crippen LogP contribution in [0.25, 0.3) is 0 Å². The molecule has 310 valence electrons. The second kappa shape index (κ2) is 39.9. The number of carbonyl (C=O) groups excluding carboxylic acids is 2. The van der Waals surface area contributed by atoms with E-state index >= 15 is 0 Å². The molecule has 0 radical (unpaired) electrons. The molecular formula is C43H80NO8P. The van der Waals surface area contributed by atoms with E-state index in [9.17, 15) is 24.2 Å². The largest absolute Gasteiger partial charge is 0.472 e. The summed E-state index contributed by atoms with van der Waals surface area (Å²) in [6.07, 6.45) is 43.6. The molecule has 0 saturated carbocycles. The normalized spacial score (nSPS) is 13.7. The first kappa shape index (κ1) is 51.2. The van der Waals surface area contributed by atoms with Gasteiger partial charge in [-0.1, -0.05) is 153 Å². The van der Waals surface area contributed by atoms with Gasteiger partial charge in [0, 0.05) is 19.4 Å². The highest BCUT2D eigenvalue weighted by Crippen LogP contribution is 2.42. The van der Waals surface area contributed by atoms with Crippen molar-refractivity contribution < 1.29 is 37.9 Å². The van der Waals surface area contributed by atoms with E-state index in [0.29, 0.717) is 6.42 Å². The van der Waals surface area contributed by atoms with Gasteiger partial charge >= 0.3 is 13.8 Å². The number of esters is 1. The standard InChI is InChI=1S/C43H80NO8P/c1-3-5-7-9-11-13-15-17-18-19-20-21-22-24-26-28-30-32-34-36-43(47)50-39-41(45)40-52-53(48,49)51-38-37-44-42(46)35-33-31-29-27-25-23-16-14-12-10-8-6-4-2/h8,10,14,16-18,41,45H,3-7,9,11-13,15,19-40H2,1-2H3,(H,44,46)(H,48,49)/b10-8-,16-14-,18-17+. The number of amides is 1. The fourth-order valence-corrected chi connectivity index (χ4v) is 6.52. The number of aliphatic hydroxyl groups excluding tert-OH is 1. The minimum absolute atomic E-state index is 0.0738. The molecule has 0 rings (SSSR count). The van der Waals surface area contributed by atoms with Crippen molar-refractivity contribution in [2.45, 2.75) is 200 Å². The minimum Gasteiger partial charge on any atom is -0.463 e. The lowest BCUT2D eigenvalue weighted by molar-refractivity contribution is -0.147. The van der Waals surface area contributed by atoms with E-state index in [4.69, 9.17) is 13.8 Å². The molecule has 1 amide bonds. The van der Waals surface area contributed by atoms with Crippen molar-refractivity contribution in [1.82, 2.24) is 5.32 Å². The fraction of sp³-hybridized carbons (Fsp3) is 0.814. The van der Waals surface area contributed by atoms with E-state index in [-0.39, 0.29) is 32.1 Å². The molecule has 0 fully saturated rings. The van der Waals surface area contributed by atoms with Crippen molar-refractivity contribution in [2.24, 2.45) is 0 Å². The first-order chi connectivity index (χ1) is 25.8. The van der Waals surface area contributed by atoms with Crippen molar-refractivity contribution in [2.75, 3.05) is 26.4 Å². The number of hydrogen-bond donors (Lipinski definition) is 3. The van der Waals surface area contributed by atoms with Gasteiger partial charge in [-0.3, -0.25) is 18.6 Å². The van der Waals surface area contributed by atoms with E-state index < -0.39 is 26.5 Å². The van der Waals surface area contributed by atoms with Crippen molar-refractivity contribution in [3.63, 3.8) is 0 Å². The molecular weight excluding hydrogens is 689 g/mol. The summed E-state index contributed by atoms with van der Waals surface area (Å²) >= 11 is 0. The predicted octanol–water partition coefficient (Wildman–Crippen LogP) is 11.8. The molecule has 53 heavy (non-hydrogen) atoms. The lowest BCUT2D eigenvalue weighted by atomic mass is 10.1. The smallest absolute Gasteiger partial charge is 0.463 e. The van der Waals surface area contributed by atoms with Crippen molar-refractivity contribution in [3.8, 4) is 0 Å². The van der Waals surface area contributed by atoms with Crippen LogP contribution in [-0.4, -0.2) is 54.3 Å². The molecule has 0 aromatic rings. The summed E-state index contributed by atoms with van der Waals surface area (Å²) in [5.74, 6) is -0.532. The molecule has 0 aromatic carbocycles. The zero-order chi connectivity index (χ0) is 38.9. The second-order valence-electron chi connectivity index (χ2n) is 14.3. The van der Waals surface area contributed by atoms with Crippen LogP contribution in [-0.2, 0) is 27.9 Å². The summed E-state index contributed by atoms with van der Waals surface area (Å²) in [5, 5.41) is 12.7. The Bertz CT molecular complexity index is 970. The number of unbranched alkanes of at least 4 members (excludes halogenated alkanes) is 21. The van der Waals surface area contributed by atoms with Gasteiger partial charge in [0.1, 0.15) is 12.7 Å². The number of carbonyl (C=O) groups is 2. The molecule has 0 saturated heterocycles. The van der Waals surface area contributed by atoms with Crippen molar-refractivity contribution >= 4 is 19.7 Å². The van der Waals surface area contributed by atoms with E-state index in [1.165, 1.54) is 96.3 Å². The minimum atomic E-state index is -4.42. The number of allylic oxidation sites excluding steroid dienone is 6. The average Bonchev–Trinajstić information content (AvgIpc) is 3.14. The highest BCUT2D eigenvalue weighted by atomic mass is 31.2. The highest BCUT2D eigenvalue weighted by molar-refractivity contribution is 7.47. The van der Waals surface area contributed by atoms with E-state index in [2.05, 4.69) is 55.6 Å². The summed E-state index contributed by atoms with van der Waals surface area (Å²) in [5.41, 5.74) is 0. The molecule has 0 aliphatic rings. The monoisotopic (exact) mass is 770 g/mol. The fourth-order valence-electron chi connectivity index (χ4n) is 5.77. The van der Waals surface area contributed by atoms with Crippen LogP contribution in [0.4, 0.5) is 0 Å². The zero-order valence-corrected chi connectivity index (χ0v) is 34.9. The number of hydrogen-bond acceptors (Lipinski definition) is 7. The summed E-state index contributed by atoms with van der Waals surface area (Å²) in [4.78, 5) is 33.9. The Kier molecular flexibility index (Phi) is 38.6. The molecule has 9 nitrogen and oxygen atoms in total. The van der Waals surface area contributed by atoms with Gasteiger partial charge in [0.05, 0.1) is 13.2 Å². The van der Waals surface area contributed by atoms with E-state index in [0.717, 1.165) is 70.6 Å². The number of ether oxygens (including phenoxy) is 1. The Morgan fingerprint density at radius 1 is 0.585 bits per heavy atom. The Morgan fingerprint density at radius 2 is 1.06 bits per heavy atom. The summed E-state index contributed by atoms with van der Waals surface area (Å²) < 4.78 is 26.8. The number of nitrogens with one attached hydrogen (secondary N) is 1. The summed E-state index contributed by atoms with van der Waals surface area (Å²) in [7, 11) is -4.42. The number of phosphoric ester groups is 1. The lowest BCUT2D eigenvalue weighted by Gasteiger charge is -2.15. The molecule has 2 atom stereocenters. The molecule has 3 N–H and O–H groups in total. The van der Waals surface area contributed by atoms with Crippen LogP contribution in [0, 0.1) is 0 Å². The zero-order valence-electron chi connectivity index (χ0n) is 34.0. The van der Waals surface area contributed by atoms with Crippen LogP contribution < -0.4 is 5.32 Å². The number of phosphoric acid groups is 1. The molecule has 0 aromatic heterocycles. The third-order valence-electron chi connectivity index (χ3n) is 9.02. The Morgan fingerprint density at radius 3 is 1.60 bits per heavy atom. The Hall–Kier alpha value is -1.77. The average molecular weight is 770 g/mol. The van der Waals surface area contributed by atoms with E-state index in [1.54, 1.807) is 0 Å². The van der Waals surface area contributed by atoms with Crippen LogP contribution in [0.2, 0.25) is 0 Å². The lowest BCUT2D eigenvalue weighted by Crippen LogP contribution is -2.27. The SMILES string of the molecule is CCC/C=C\C/C=C\CCCCCCCC(=O)NCCOP(=O)(O)OCC(O)COC(=O)CCCCCCCCCCC/C=C/CCCCCCCC. The molecule has 0 aliphatic carbocycles. The second-order valence-corrected chi connectivity index (χ2v) is 15.8. The van der Waals surface area contributed by atoms with Crippen LogP contribution in [0.1, 0.15) is 194 Å². The van der Waals surface area contributed by atoms with Crippen LogP contribution >= 0.6 is 7.82 Å². The summed E-state index contributed by atoms with van der Waals surface area (Å²) in [6, 6.07) is 0. The quantitative estimate of drug-likeness (QED) is 0.0243. The van der Waals surface area contributed by atoms with Crippen LogP contribution in [0.5, 0.6) is 0 Å².